The Morgan fingerprint density at radius 3 is 3.00 bits per heavy atom. The molecule has 0 unspecified atom stereocenters. The van der Waals surface area contributed by atoms with Gasteiger partial charge in [0.2, 0.25) is 12.0 Å². The number of carbonyl (C=O) groups excluding carboxylic acids is 2. The molecule has 0 atom stereocenters. The minimum Gasteiger partial charge on any atom is -0.359 e. The predicted octanol–water partition coefficient (Wildman–Crippen LogP) is 0.942. The summed E-state index contributed by atoms with van der Waals surface area (Å²) in [6.45, 7) is 0. The lowest BCUT2D eigenvalue weighted by molar-refractivity contribution is -0.119. The van der Waals surface area contributed by atoms with Crippen LogP contribution in [-0.2, 0) is 16.0 Å². The molecule has 0 bridgehead atoms. The fourth-order valence-electron chi connectivity index (χ4n) is 1.06. The van der Waals surface area contributed by atoms with Crippen molar-refractivity contribution in [3.8, 4) is 0 Å². The number of nitrogens with one attached hydrogen (secondary N) is 1. The smallest absolute Gasteiger partial charge is 0.240 e. The summed E-state index contributed by atoms with van der Waals surface area (Å²) in [5.41, 5.74) is 1.34. The van der Waals surface area contributed by atoms with Crippen LogP contribution in [0.3, 0.4) is 0 Å². The van der Waals surface area contributed by atoms with Crippen molar-refractivity contribution < 1.29 is 9.59 Å². The van der Waals surface area contributed by atoms with E-state index in [1.807, 2.05) is 0 Å². The van der Waals surface area contributed by atoms with Gasteiger partial charge in [-0.1, -0.05) is 12.1 Å². The molecule has 0 radical (unpaired) electrons. The predicted molar refractivity (Wildman–Crippen MR) is 52.0 cm³/mol. The molecule has 0 aliphatic heterocycles. The van der Waals surface area contributed by atoms with Gasteiger partial charge in [0.15, 0.2) is 0 Å². The summed E-state index contributed by atoms with van der Waals surface area (Å²) in [7, 11) is 1.58. The zero-order valence-electron chi connectivity index (χ0n) is 7.78. The van der Waals surface area contributed by atoms with Crippen LogP contribution in [0.1, 0.15) is 5.56 Å². The molecule has 0 aliphatic carbocycles. The lowest BCUT2D eigenvalue weighted by atomic mass is 10.1. The van der Waals surface area contributed by atoms with E-state index in [1.54, 1.807) is 31.3 Å². The molecule has 0 spiro atoms. The van der Waals surface area contributed by atoms with Crippen molar-refractivity contribution in [2.24, 2.45) is 4.99 Å². The number of hydrogen-bond acceptors (Lipinski definition) is 3. The van der Waals surface area contributed by atoms with E-state index >= 15 is 0 Å². The Kier molecular flexibility index (Phi) is 3.58. The second-order valence-corrected chi connectivity index (χ2v) is 2.72. The highest BCUT2D eigenvalue weighted by atomic mass is 16.1. The molecule has 0 saturated heterocycles. The maximum absolute atomic E-state index is 11.0. The van der Waals surface area contributed by atoms with Gasteiger partial charge >= 0.3 is 0 Å². The number of benzene rings is 1. The van der Waals surface area contributed by atoms with E-state index in [0.29, 0.717) is 12.1 Å². The standard InChI is InChI=1S/C10H10N2O2/c1-11-10(14)6-8-3-2-4-9(5-8)12-7-13/h2-5H,6H2,1H3,(H,11,14). The van der Waals surface area contributed by atoms with Crippen LogP contribution in [0.25, 0.3) is 0 Å². The van der Waals surface area contributed by atoms with Crippen molar-refractivity contribution in [3.05, 3.63) is 29.8 Å². The third-order valence-electron chi connectivity index (χ3n) is 1.73. The van der Waals surface area contributed by atoms with Gasteiger partial charge in [0.05, 0.1) is 12.1 Å². The fourth-order valence-corrected chi connectivity index (χ4v) is 1.06. The summed E-state index contributed by atoms with van der Waals surface area (Å²) in [4.78, 5) is 24.5. The SMILES string of the molecule is CNC(=O)Cc1cccc(N=C=O)c1. The Morgan fingerprint density at radius 1 is 1.57 bits per heavy atom. The molecule has 72 valence electrons. The molecule has 1 aromatic carbocycles. The highest BCUT2D eigenvalue weighted by molar-refractivity contribution is 5.78. The number of likely N-dealkylation sites (N-methyl/N-ethyl adjacent to an activating group) is 1. The van der Waals surface area contributed by atoms with Gasteiger partial charge in [-0.05, 0) is 17.7 Å². The third kappa shape index (κ3) is 2.84. The van der Waals surface area contributed by atoms with Gasteiger partial charge in [-0.25, -0.2) is 4.79 Å². The van der Waals surface area contributed by atoms with Crippen molar-refractivity contribution in [3.63, 3.8) is 0 Å². The molecule has 4 nitrogen and oxygen atoms in total. The van der Waals surface area contributed by atoms with E-state index in [2.05, 4.69) is 10.3 Å². The second-order valence-electron chi connectivity index (χ2n) is 2.72. The lowest BCUT2D eigenvalue weighted by Crippen LogP contribution is -2.19. The maximum Gasteiger partial charge on any atom is 0.240 e. The van der Waals surface area contributed by atoms with E-state index < -0.39 is 0 Å². The zero-order valence-corrected chi connectivity index (χ0v) is 7.78. The van der Waals surface area contributed by atoms with E-state index in [9.17, 15) is 9.59 Å². The Hall–Kier alpha value is -1.93. The molecule has 1 rings (SSSR count). The molecular formula is C10H10N2O2. The molecular weight excluding hydrogens is 180 g/mol. The van der Waals surface area contributed by atoms with E-state index in [1.165, 1.54) is 6.08 Å². The van der Waals surface area contributed by atoms with Gasteiger partial charge in [0.25, 0.3) is 0 Å². The van der Waals surface area contributed by atoms with E-state index in [-0.39, 0.29) is 5.91 Å². The number of rotatable bonds is 3. The number of hydrogen-bond donors (Lipinski definition) is 1. The van der Waals surface area contributed by atoms with Crippen LogP contribution < -0.4 is 5.32 Å². The highest BCUT2D eigenvalue weighted by Crippen LogP contribution is 2.13. The largest absolute Gasteiger partial charge is 0.359 e. The van der Waals surface area contributed by atoms with E-state index in [4.69, 9.17) is 0 Å². The van der Waals surface area contributed by atoms with Crippen LogP contribution in [0, 0.1) is 0 Å². The molecule has 0 fully saturated rings. The normalized spacial score (nSPS) is 8.93. The first kappa shape index (κ1) is 10.2. The molecule has 14 heavy (non-hydrogen) atoms. The van der Waals surface area contributed by atoms with Crippen LogP contribution in [0.15, 0.2) is 29.3 Å². The number of aliphatic imine (C=N–C) groups is 1. The molecule has 1 aromatic rings. The van der Waals surface area contributed by atoms with Crippen LogP contribution in [0.5, 0.6) is 0 Å². The molecule has 1 amide bonds. The minimum atomic E-state index is -0.0720. The first-order chi connectivity index (χ1) is 6.76. The fraction of sp³-hybridized carbons (Fsp3) is 0.200. The molecule has 0 heterocycles. The summed E-state index contributed by atoms with van der Waals surface area (Å²) in [6, 6.07) is 6.91. The molecule has 0 aromatic heterocycles. The number of carbonyl (C=O) groups is 1. The topological polar surface area (TPSA) is 58.5 Å². The Bertz CT molecular complexity index is 381. The minimum absolute atomic E-state index is 0.0720. The lowest BCUT2D eigenvalue weighted by Gasteiger charge is -2.00. The number of nitrogens with zero attached hydrogens (tertiary/aromatic N) is 1. The summed E-state index contributed by atoms with van der Waals surface area (Å²) in [6.07, 6.45) is 1.74. The van der Waals surface area contributed by atoms with E-state index in [0.717, 1.165) is 5.56 Å². The van der Waals surface area contributed by atoms with Gasteiger partial charge in [-0.3, -0.25) is 4.79 Å². The van der Waals surface area contributed by atoms with Gasteiger partial charge < -0.3 is 5.32 Å². The van der Waals surface area contributed by atoms with Gasteiger partial charge in [0.1, 0.15) is 0 Å². The van der Waals surface area contributed by atoms with Crippen molar-refractivity contribution in [1.82, 2.24) is 5.32 Å². The maximum atomic E-state index is 11.0. The quantitative estimate of drug-likeness (QED) is 0.569. The third-order valence-corrected chi connectivity index (χ3v) is 1.73. The summed E-state index contributed by atoms with van der Waals surface area (Å²) >= 11 is 0. The van der Waals surface area contributed by atoms with Crippen molar-refractivity contribution >= 4 is 17.7 Å². The highest BCUT2D eigenvalue weighted by Gasteiger charge is 2.00. The average Bonchev–Trinajstić information content (AvgIpc) is 2.19. The number of amides is 1. The van der Waals surface area contributed by atoms with Crippen LogP contribution in [0.2, 0.25) is 0 Å². The summed E-state index contributed by atoms with van der Waals surface area (Å²) < 4.78 is 0. The van der Waals surface area contributed by atoms with Gasteiger partial charge in [0, 0.05) is 7.05 Å². The Morgan fingerprint density at radius 2 is 2.36 bits per heavy atom. The van der Waals surface area contributed by atoms with Crippen LogP contribution in [0.4, 0.5) is 5.69 Å². The summed E-state index contributed by atoms with van der Waals surface area (Å²) in [5, 5.41) is 2.52. The average molecular weight is 190 g/mol. The van der Waals surface area contributed by atoms with Crippen molar-refractivity contribution in [1.29, 1.82) is 0 Å². The zero-order chi connectivity index (χ0) is 10.4. The van der Waals surface area contributed by atoms with Crippen LogP contribution in [-0.4, -0.2) is 19.0 Å². The van der Waals surface area contributed by atoms with Gasteiger partial charge in [-0.2, -0.15) is 4.99 Å². The van der Waals surface area contributed by atoms with Crippen molar-refractivity contribution in [2.75, 3.05) is 7.05 Å². The molecule has 1 N–H and O–H groups in total. The monoisotopic (exact) mass is 190 g/mol. The first-order valence-electron chi connectivity index (χ1n) is 4.13. The molecule has 0 saturated carbocycles. The Balaban J connectivity index is 2.83. The van der Waals surface area contributed by atoms with Crippen molar-refractivity contribution in [2.45, 2.75) is 6.42 Å². The summed E-state index contributed by atoms with van der Waals surface area (Å²) in [5.74, 6) is -0.0720. The molecule has 0 aliphatic rings. The first-order valence-corrected chi connectivity index (χ1v) is 4.13. The second kappa shape index (κ2) is 4.94. The van der Waals surface area contributed by atoms with Crippen LogP contribution >= 0.6 is 0 Å². The molecule has 4 heteroatoms. The van der Waals surface area contributed by atoms with Gasteiger partial charge in [-0.15, -0.1) is 0 Å². The number of isocyanates is 1. The Labute approximate surface area is 81.7 Å².